The number of hydrogen-bond donors (Lipinski definition) is 1. The molecule has 0 saturated carbocycles. The molecule has 1 rings (SSSR count). The van der Waals surface area contributed by atoms with Gasteiger partial charge in [-0.25, -0.2) is 0 Å². The minimum absolute atomic E-state index is 0.0533. The Kier molecular flexibility index (Phi) is 4.83. The van der Waals surface area contributed by atoms with E-state index >= 15 is 0 Å². The molecular weight excluding hydrogens is 198 g/mol. The highest BCUT2D eigenvalue weighted by Gasteiger charge is 2.25. The van der Waals surface area contributed by atoms with E-state index < -0.39 is 0 Å². The van der Waals surface area contributed by atoms with Crippen LogP contribution in [0.4, 0.5) is 0 Å². The minimum atomic E-state index is -0.265. The van der Waals surface area contributed by atoms with Gasteiger partial charge in [-0.3, -0.25) is 9.59 Å². The second kappa shape index (κ2) is 6.19. The molecular formula is C10H15NO4. The fourth-order valence-electron chi connectivity index (χ4n) is 1.42. The molecule has 1 amide bonds. The van der Waals surface area contributed by atoms with Crippen LogP contribution in [0.1, 0.15) is 6.42 Å². The van der Waals surface area contributed by atoms with Crippen LogP contribution >= 0.6 is 0 Å². The first-order chi connectivity index (χ1) is 7.27. The SMILES string of the molecule is COCCOC(=O)C1C=CC(NC=O)C1. The summed E-state index contributed by atoms with van der Waals surface area (Å²) in [6.45, 7) is 0.670. The first-order valence-electron chi connectivity index (χ1n) is 4.81. The Morgan fingerprint density at radius 2 is 2.33 bits per heavy atom. The van der Waals surface area contributed by atoms with Crippen LogP contribution in [0.2, 0.25) is 0 Å². The van der Waals surface area contributed by atoms with Crippen molar-refractivity contribution in [1.82, 2.24) is 5.32 Å². The number of methoxy groups -OCH3 is 1. The largest absolute Gasteiger partial charge is 0.463 e. The van der Waals surface area contributed by atoms with E-state index in [2.05, 4.69) is 5.32 Å². The second-order valence-corrected chi connectivity index (χ2v) is 3.28. The number of esters is 1. The van der Waals surface area contributed by atoms with Gasteiger partial charge in [-0.1, -0.05) is 12.2 Å². The van der Waals surface area contributed by atoms with Gasteiger partial charge in [0, 0.05) is 13.2 Å². The van der Waals surface area contributed by atoms with Gasteiger partial charge in [0.1, 0.15) is 6.61 Å². The Balaban J connectivity index is 2.25. The molecule has 0 heterocycles. The molecule has 15 heavy (non-hydrogen) atoms. The predicted octanol–water partition coefficient (Wildman–Crippen LogP) is -0.133. The molecule has 0 spiro atoms. The van der Waals surface area contributed by atoms with Crippen LogP contribution in [0.5, 0.6) is 0 Å². The Morgan fingerprint density at radius 3 is 3.00 bits per heavy atom. The lowest BCUT2D eigenvalue weighted by molar-refractivity contribution is -0.148. The fraction of sp³-hybridized carbons (Fsp3) is 0.600. The van der Waals surface area contributed by atoms with Crippen molar-refractivity contribution in [2.24, 2.45) is 5.92 Å². The summed E-state index contributed by atoms with van der Waals surface area (Å²) in [7, 11) is 1.55. The van der Waals surface area contributed by atoms with E-state index in [1.165, 1.54) is 0 Å². The van der Waals surface area contributed by atoms with Crippen molar-refractivity contribution in [3.63, 3.8) is 0 Å². The molecule has 5 nitrogen and oxygen atoms in total. The standard InChI is InChI=1S/C10H15NO4/c1-14-4-5-15-10(13)8-2-3-9(6-8)11-7-12/h2-3,7-9H,4-6H2,1H3,(H,11,12). The van der Waals surface area contributed by atoms with Crippen LogP contribution < -0.4 is 5.32 Å². The van der Waals surface area contributed by atoms with Gasteiger partial charge in [0.15, 0.2) is 0 Å². The van der Waals surface area contributed by atoms with E-state index in [0.717, 1.165) is 0 Å². The number of hydrogen-bond acceptors (Lipinski definition) is 4. The van der Waals surface area contributed by atoms with Gasteiger partial charge in [-0.2, -0.15) is 0 Å². The summed E-state index contributed by atoms with van der Waals surface area (Å²) in [5.74, 6) is -0.516. The fourth-order valence-corrected chi connectivity index (χ4v) is 1.42. The molecule has 0 aromatic rings. The van der Waals surface area contributed by atoms with Gasteiger partial charge in [0.2, 0.25) is 6.41 Å². The smallest absolute Gasteiger partial charge is 0.312 e. The summed E-state index contributed by atoms with van der Waals surface area (Å²) >= 11 is 0. The van der Waals surface area contributed by atoms with Crippen molar-refractivity contribution in [1.29, 1.82) is 0 Å². The molecule has 0 bridgehead atoms. The van der Waals surface area contributed by atoms with Gasteiger partial charge < -0.3 is 14.8 Å². The van der Waals surface area contributed by atoms with Crippen molar-refractivity contribution >= 4 is 12.4 Å². The number of carbonyl (C=O) groups is 2. The maximum Gasteiger partial charge on any atom is 0.312 e. The number of carbonyl (C=O) groups excluding carboxylic acids is 2. The molecule has 0 aromatic carbocycles. The van der Waals surface area contributed by atoms with Crippen molar-refractivity contribution in [3.05, 3.63) is 12.2 Å². The van der Waals surface area contributed by atoms with Crippen LogP contribution in [-0.2, 0) is 19.1 Å². The normalized spacial score (nSPS) is 23.8. The molecule has 1 N–H and O–H groups in total. The quantitative estimate of drug-likeness (QED) is 0.289. The van der Waals surface area contributed by atoms with Crippen LogP contribution in [0.3, 0.4) is 0 Å². The third-order valence-electron chi connectivity index (χ3n) is 2.20. The van der Waals surface area contributed by atoms with Crippen LogP contribution in [0.25, 0.3) is 0 Å². The second-order valence-electron chi connectivity index (χ2n) is 3.28. The Morgan fingerprint density at radius 1 is 1.53 bits per heavy atom. The maximum atomic E-state index is 11.4. The lowest BCUT2D eigenvalue weighted by Gasteiger charge is -2.10. The van der Waals surface area contributed by atoms with Gasteiger partial charge in [0.05, 0.1) is 12.5 Å². The molecule has 0 aliphatic heterocycles. The first kappa shape index (κ1) is 11.7. The van der Waals surface area contributed by atoms with E-state index in [1.807, 2.05) is 0 Å². The van der Waals surface area contributed by atoms with E-state index in [-0.39, 0.29) is 24.5 Å². The molecule has 1 aliphatic carbocycles. The van der Waals surface area contributed by atoms with Crippen molar-refractivity contribution in [3.8, 4) is 0 Å². The average molecular weight is 213 g/mol. The Bertz CT molecular complexity index is 252. The number of nitrogens with one attached hydrogen (secondary N) is 1. The van der Waals surface area contributed by atoms with E-state index in [9.17, 15) is 9.59 Å². The topological polar surface area (TPSA) is 64.6 Å². The molecule has 0 saturated heterocycles. The monoisotopic (exact) mass is 213 g/mol. The molecule has 5 heteroatoms. The highest BCUT2D eigenvalue weighted by atomic mass is 16.6. The third kappa shape index (κ3) is 3.71. The van der Waals surface area contributed by atoms with Crippen LogP contribution in [-0.4, -0.2) is 38.7 Å². The van der Waals surface area contributed by atoms with Crippen LogP contribution in [0, 0.1) is 5.92 Å². The summed E-state index contributed by atoms with van der Waals surface area (Å²) in [5, 5.41) is 2.60. The van der Waals surface area contributed by atoms with E-state index in [0.29, 0.717) is 19.4 Å². The summed E-state index contributed by atoms with van der Waals surface area (Å²) in [5.41, 5.74) is 0. The molecule has 0 aromatic heterocycles. The van der Waals surface area contributed by atoms with E-state index in [1.54, 1.807) is 19.3 Å². The van der Waals surface area contributed by atoms with E-state index in [4.69, 9.17) is 9.47 Å². The lowest BCUT2D eigenvalue weighted by atomic mass is 10.1. The Hall–Kier alpha value is -1.36. The zero-order valence-electron chi connectivity index (χ0n) is 8.64. The highest BCUT2D eigenvalue weighted by molar-refractivity contribution is 5.75. The highest BCUT2D eigenvalue weighted by Crippen LogP contribution is 2.18. The molecule has 0 radical (unpaired) electrons. The van der Waals surface area contributed by atoms with Gasteiger partial charge >= 0.3 is 5.97 Å². The number of rotatable bonds is 6. The number of ether oxygens (including phenoxy) is 2. The number of amides is 1. The van der Waals surface area contributed by atoms with Crippen molar-refractivity contribution in [2.75, 3.05) is 20.3 Å². The van der Waals surface area contributed by atoms with Gasteiger partial charge in [-0.15, -0.1) is 0 Å². The summed E-state index contributed by atoms with van der Waals surface area (Å²) in [4.78, 5) is 21.6. The minimum Gasteiger partial charge on any atom is -0.463 e. The Labute approximate surface area is 88.4 Å². The van der Waals surface area contributed by atoms with Crippen molar-refractivity contribution in [2.45, 2.75) is 12.5 Å². The molecule has 0 fully saturated rings. The lowest BCUT2D eigenvalue weighted by Crippen LogP contribution is -2.26. The molecule has 2 atom stereocenters. The zero-order valence-corrected chi connectivity index (χ0v) is 8.64. The zero-order chi connectivity index (χ0) is 11.1. The maximum absolute atomic E-state index is 11.4. The molecule has 84 valence electrons. The summed E-state index contributed by atoms with van der Waals surface area (Å²) < 4.78 is 9.72. The van der Waals surface area contributed by atoms with Gasteiger partial charge in [0.25, 0.3) is 0 Å². The van der Waals surface area contributed by atoms with Gasteiger partial charge in [-0.05, 0) is 6.42 Å². The summed E-state index contributed by atoms with van der Waals surface area (Å²) in [6, 6.07) is -0.0533. The molecule has 2 unspecified atom stereocenters. The summed E-state index contributed by atoms with van der Waals surface area (Å²) in [6.07, 6.45) is 4.77. The first-order valence-corrected chi connectivity index (χ1v) is 4.81. The third-order valence-corrected chi connectivity index (χ3v) is 2.20. The average Bonchev–Trinajstić information content (AvgIpc) is 2.67. The predicted molar refractivity (Wildman–Crippen MR) is 53.1 cm³/mol. The molecule has 1 aliphatic rings. The van der Waals surface area contributed by atoms with Crippen molar-refractivity contribution < 1.29 is 19.1 Å². The van der Waals surface area contributed by atoms with Crippen LogP contribution in [0.15, 0.2) is 12.2 Å².